The van der Waals surface area contributed by atoms with Gasteiger partial charge in [0.2, 0.25) is 0 Å². The first kappa shape index (κ1) is 15.6. The van der Waals surface area contributed by atoms with Crippen LogP contribution in [-0.2, 0) is 6.61 Å². The number of nitrogens with zero attached hydrogens (tertiary/aromatic N) is 4. The van der Waals surface area contributed by atoms with Gasteiger partial charge in [-0.1, -0.05) is 0 Å². The smallest absolute Gasteiger partial charge is 0.168 e. The summed E-state index contributed by atoms with van der Waals surface area (Å²) in [6.45, 7) is -0.0352. The maximum atomic E-state index is 10.4. The van der Waals surface area contributed by atoms with E-state index in [1.807, 2.05) is 36.4 Å². The minimum Gasteiger partial charge on any atom is -0.390 e. The van der Waals surface area contributed by atoms with Crippen molar-refractivity contribution in [2.24, 2.45) is 0 Å². The standard InChI is InChI=1S/C9H8N2O.C9H6N2O/c2*12-6-8-4-3-7-2-1-5-10-9(7)11-8/h1-5,12H,6H2;1-6H. The third kappa shape index (κ3) is 3.56. The van der Waals surface area contributed by atoms with Crippen molar-refractivity contribution in [3.8, 4) is 0 Å². The highest BCUT2D eigenvalue weighted by atomic mass is 16.3. The maximum absolute atomic E-state index is 10.4. The molecule has 0 aliphatic carbocycles. The van der Waals surface area contributed by atoms with Crippen molar-refractivity contribution in [1.29, 1.82) is 0 Å². The van der Waals surface area contributed by atoms with Crippen LogP contribution in [0.1, 0.15) is 16.2 Å². The second-order valence-electron chi connectivity index (χ2n) is 4.91. The lowest BCUT2D eigenvalue weighted by atomic mass is 10.2. The maximum Gasteiger partial charge on any atom is 0.168 e. The van der Waals surface area contributed by atoms with Gasteiger partial charge in [-0.15, -0.1) is 0 Å². The summed E-state index contributed by atoms with van der Waals surface area (Å²) in [5, 5.41) is 10.7. The molecule has 24 heavy (non-hydrogen) atoms. The van der Waals surface area contributed by atoms with Crippen LogP contribution >= 0.6 is 0 Å². The summed E-state index contributed by atoms with van der Waals surface area (Å²) in [5.41, 5.74) is 2.37. The van der Waals surface area contributed by atoms with Gasteiger partial charge >= 0.3 is 0 Å². The van der Waals surface area contributed by atoms with E-state index in [2.05, 4.69) is 19.9 Å². The minimum atomic E-state index is -0.0352. The summed E-state index contributed by atoms with van der Waals surface area (Å²) in [5.74, 6) is 0. The molecule has 6 heteroatoms. The van der Waals surface area contributed by atoms with Gasteiger partial charge < -0.3 is 5.11 Å². The number of aliphatic hydroxyl groups excluding tert-OH is 1. The summed E-state index contributed by atoms with van der Waals surface area (Å²) in [6, 6.07) is 14.8. The lowest BCUT2D eigenvalue weighted by Crippen LogP contribution is -1.90. The Kier molecular flexibility index (Phi) is 4.78. The Morgan fingerprint density at radius 1 is 0.833 bits per heavy atom. The SMILES string of the molecule is O=Cc1ccc2cccnc2n1.OCc1ccc2cccnc2n1. The van der Waals surface area contributed by atoms with Crippen LogP contribution < -0.4 is 0 Å². The van der Waals surface area contributed by atoms with Crippen molar-refractivity contribution in [2.45, 2.75) is 6.61 Å². The van der Waals surface area contributed by atoms with Crippen LogP contribution in [0.15, 0.2) is 60.9 Å². The number of hydrogen-bond donors (Lipinski definition) is 1. The highest BCUT2D eigenvalue weighted by molar-refractivity contribution is 5.80. The van der Waals surface area contributed by atoms with Crippen molar-refractivity contribution >= 4 is 28.4 Å². The largest absolute Gasteiger partial charge is 0.390 e. The number of fused-ring (bicyclic) bond motifs is 2. The second-order valence-corrected chi connectivity index (χ2v) is 4.91. The first-order valence-electron chi connectivity index (χ1n) is 7.28. The molecule has 4 rings (SSSR count). The molecule has 118 valence electrons. The van der Waals surface area contributed by atoms with Crippen molar-refractivity contribution in [3.63, 3.8) is 0 Å². The van der Waals surface area contributed by atoms with Gasteiger partial charge in [0, 0.05) is 23.2 Å². The van der Waals surface area contributed by atoms with Gasteiger partial charge in [0.15, 0.2) is 17.6 Å². The van der Waals surface area contributed by atoms with E-state index in [-0.39, 0.29) is 6.61 Å². The zero-order chi connectivity index (χ0) is 16.8. The van der Waals surface area contributed by atoms with Crippen LogP contribution in [0.4, 0.5) is 0 Å². The molecule has 0 amide bonds. The molecule has 0 aliphatic heterocycles. The number of rotatable bonds is 2. The van der Waals surface area contributed by atoms with Crippen molar-refractivity contribution in [3.05, 3.63) is 72.3 Å². The summed E-state index contributed by atoms with van der Waals surface area (Å²) in [7, 11) is 0. The number of aliphatic hydroxyl groups is 1. The average Bonchev–Trinajstić information content (AvgIpc) is 2.67. The molecule has 0 aliphatic rings. The normalized spacial score (nSPS) is 10.2. The van der Waals surface area contributed by atoms with Gasteiger partial charge in [0.25, 0.3) is 0 Å². The topological polar surface area (TPSA) is 88.9 Å². The molecule has 6 nitrogen and oxygen atoms in total. The van der Waals surface area contributed by atoms with Crippen molar-refractivity contribution in [1.82, 2.24) is 19.9 Å². The highest BCUT2D eigenvalue weighted by Gasteiger charge is 1.96. The Labute approximate surface area is 137 Å². The molecule has 0 atom stereocenters. The molecule has 1 N–H and O–H groups in total. The molecule has 0 aromatic carbocycles. The number of aromatic nitrogens is 4. The van der Waals surface area contributed by atoms with E-state index < -0.39 is 0 Å². The highest BCUT2D eigenvalue weighted by Crippen LogP contribution is 2.09. The fraction of sp³-hybridized carbons (Fsp3) is 0.0556. The third-order valence-electron chi connectivity index (χ3n) is 3.29. The zero-order valence-corrected chi connectivity index (χ0v) is 12.7. The average molecular weight is 318 g/mol. The molecule has 0 bridgehead atoms. The van der Waals surface area contributed by atoms with Crippen LogP contribution in [0, 0.1) is 0 Å². The first-order valence-corrected chi connectivity index (χ1v) is 7.28. The van der Waals surface area contributed by atoms with E-state index in [1.54, 1.807) is 24.5 Å². The van der Waals surface area contributed by atoms with E-state index in [0.29, 0.717) is 29.0 Å². The van der Waals surface area contributed by atoms with Crippen molar-refractivity contribution < 1.29 is 9.90 Å². The van der Waals surface area contributed by atoms with E-state index >= 15 is 0 Å². The molecule has 0 radical (unpaired) electrons. The second kappa shape index (κ2) is 7.34. The van der Waals surface area contributed by atoms with Crippen LogP contribution in [0.25, 0.3) is 22.1 Å². The zero-order valence-electron chi connectivity index (χ0n) is 12.7. The van der Waals surface area contributed by atoms with Crippen LogP contribution in [0.5, 0.6) is 0 Å². The van der Waals surface area contributed by atoms with Gasteiger partial charge in [0.05, 0.1) is 12.3 Å². The number of aldehydes is 1. The fourth-order valence-electron chi connectivity index (χ4n) is 2.11. The molecule has 0 unspecified atom stereocenters. The molecule has 0 spiro atoms. The summed E-state index contributed by atoms with van der Waals surface area (Å²) in [4.78, 5) is 26.6. The third-order valence-corrected chi connectivity index (χ3v) is 3.29. The van der Waals surface area contributed by atoms with Gasteiger partial charge in [-0.25, -0.2) is 19.9 Å². The monoisotopic (exact) mass is 318 g/mol. The number of carbonyl (C=O) groups is 1. The molecular weight excluding hydrogens is 304 g/mol. The summed E-state index contributed by atoms with van der Waals surface area (Å²) < 4.78 is 0. The van der Waals surface area contributed by atoms with Gasteiger partial charge in [0.1, 0.15) is 5.69 Å². The van der Waals surface area contributed by atoms with Crippen LogP contribution in [0.2, 0.25) is 0 Å². The minimum absolute atomic E-state index is 0.0352. The van der Waals surface area contributed by atoms with Gasteiger partial charge in [-0.05, 0) is 48.5 Å². The van der Waals surface area contributed by atoms with Gasteiger partial charge in [-0.2, -0.15) is 0 Å². The van der Waals surface area contributed by atoms with E-state index in [1.165, 1.54) is 0 Å². The Bertz CT molecular complexity index is 988. The fourth-order valence-corrected chi connectivity index (χ4v) is 2.11. The Balaban J connectivity index is 0.000000141. The van der Waals surface area contributed by atoms with E-state index in [4.69, 9.17) is 5.11 Å². The predicted octanol–water partition coefficient (Wildman–Crippen LogP) is 2.56. The predicted molar refractivity (Wildman–Crippen MR) is 90.4 cm³/mol. The molecule has 0 fully saturated rings. The summed E-state index contributed by atoms with van der Waals surface area (Å²) >= 11 is 0. The Morgan fingerprint density at radius 3 is 2.08 bits per heavy atom. The Hall–Kier alpha value is -3.25. The molecular formula is C18H14N4O2. The molecule has 0 saturated carbocycles. The van der Waals surface area contributed by atoms with Crippen LogP contribution in [0.3, 0.4) is 0 Å². The number of pyridine rings is 4. The van der Waals surface area contributed by atoms with Gasteiger partial charge in [-0.3, -0.25) is 4.79 Å². The van der Waals surface area contributed by atoms with E-state index in [0.717, 1.165) is 10.8 Å². The molecule has 0 saturated heterocycles. The van der Waals surface area contributed by atoms with E-state index in [9.17, 15) is 4.79 Å². The lowest BCUT2D eigenvalue weighted by Gasteiger charge is -1.97. The molecule has 4 heterocycles. The summed E-state index contributed by atoms with van der Waals surface area (Å²) in [6.07, 6.45) is 4.06. The van der Waals surface area contributed by atoms with Crippen LogP contribution in [-0.4, -0.2) is 31.3 Å². The molecule has 4 aromatic heterocycles. The quantitative estimate of drug-likeness (QED) is 0.571. The Morgan fingerprint density at radius 2 is 1.46 bits per heavy atom. The lowest BCUT2D eigenvalue weighted by molar-refractivity contribution is 0.111. The van der Waals surface area contributed by atoms with Crippen molar-refractivity contribution in [2.75, 3.05) is 0 Å². The first-order chi connectivity index (χ1) is 11.8. The number of hydrogen-bond acceptors (Lipinski definition) is 6. The number of carbonyl (C=O) groups excluding carboxylic acids is 1. The molecule has 4 aromatic rings.